The van der Waals surface area contributed by atoms with Gasteiger partial charge in [-0.05, 0) is 61.4 Å². The number of allylic oxidation sites excluding steroid dienone is 1. The Kier molecular flexibility index (Phi) is 6.81. The quantitative estimate of drug-likeness (QED) is 0.530. The van der Waals surface area contributed by atoms with Gasteiger partial charge in [-0.1, -0.05) is 29.8 Å². The fourth-order valence-corrected chi connectivity index (χ4v) is 4.19. The van der Waals surface area contributed by atoms with E-state index in [1.165, 1.54) is 11.6 Å². The second-order valence-electron chi connectivity index (χ2n) is 8.53. The van der Waals surface area contributed by atoms with Gasteiger partial charge in [0.25, 0.3) is 0 Å². The van der Waals surface area contributed by atoms with Gasteiger partial charge in [0, 0.05) is 31.3 Å². The van der Waals surface area contributed by atoms with Gasteiger partial charge in [0.05, 0.1) is 5.56 Å². The summed E-state index contributed by atoms with van der Waals surface area (Å²) >= 11 is 0. The molecule has 1 saturated carbocycles. The number of nitrogens with one attached hydrogen (secondary N) is 1. The maximum absolute atomic E-state index is 12.8. The van der Waals surface area contributed by atoms with Crippen LogP contribution in [0.2, 0.25) is 0 Å². The molecule has 1 fully saturated rings. The van der Waals surface area contributed by atoms with Crippen LogP contribution >= 0.6 is 0 Å². The van der Waals surface area contributed by atoms with E-state index in [-0.39, 0.29) is 17.8 Å². The zero-order valence-corrected chi connectivity index (χ0v) is 18.9. The Bertz CT molecular complexity index is 1200. The summed E-state index contributed by atoms with van der Waals surface area (Å²) in [5.41, 5.74) is 4.26. The Balaban J connectivity index is 1.45. The van der Waals surface area contributed by atoms with Crippen LogP contribution < -0.4 is 5.32 Å². The van der Waals surface area contributed by atoms with Gasteiger partial charge in [0.15, 0.2) is 0 Å². The Morgan fingerprint density at radius 2 is 2.03 bits per heavy atom. The number of amides is 1. The molecule has 1 aliphatic rings. The van der Waals surface area contributed by atoms with Crippen LogP contribution in [0, 0.1) is 6.92 Å². The first-order valence-corrected chi connectivity index (χ1v) is 11.1. The number of pyridine rings is 1. The van der Waals surface area contributed by atoms with Crippen molar-refractivity contribution in [1.82, 2.24) is 20.5 Å². The average Bonchev–Trinajstić information content (AvgIpc) is 3.25. The van der Waals surface area contributed by atoms with Crippen molar-refractivity contribution in [2.75, 3.05) is 0 Å². The number of benzene rings is 1. The highest BCUT2D eigenvalue weighted by molar-refractivity contribution is 5.89. The molecule has 1 aliphatic carbocycles. The van der Waals surface area contributed by atoms with Crippen molar-refractivity contribution in [3.63, 3.8) is 0 Å². The molecule has 1 atom stereocenters. The number of nitrogens with zero attached hydrogens (tertiary/aromatic N) is 3. The predicted octanol–water partition coefficient (Wildman–Crippen LogP) is 5.53. The molecule has 0 radical (unpaired) electrons. The monoisotopic (exact) mass is 470 g/mol. The lowest BCUT2D eigenvalue weighted by Crippen LogP contribution is -2.37. The molecule has 0 spiro atoms. The van der Waals surface area contributed by atoms with Gasteiger partial charge < -0.3 is 9.73 Å². The highest BCUT2D eigenvalue weighted by Gasteiger charge is 2.30. The minimum atomic E-state index is -4.39. The molecule has 2 aromatic heterocycles. The molecule has 0 saturated heterocycles. The van der Waals surface area contributed by atoms with Crippen molar-refractivity contribution in [3.8, 4) is 0 Å². The van der Waals surface area contributed by atoms with Crippen LogP contribution in [0.3, 0.4) is 0 Å². The maximum Gasteiger partial charge on any atom is 0.417 e. The molecule has 1 amide bonds. The Labute approximate surface area is 195 Å². The van der Waals surface area contributed by atoms with E-state index in [0.29, 0.717) is 18.0 Å². The van der Waals surface area contributed by atoms with Crippen LogP contribution in [-0.4, -0.2) is 27.1 Å². The van der Waals surface area contributed by atoms with Gasteiger partial charge in [0.1, 0.15) is 0 Å². The first kappa shape index (κ1) is 23.7. The number of hydrogen-bond donors (Lipinski definition) is 1. The van der Waals surface area contributed by atoms with E-state index >= 15 is 0 Å². The van der Waals surface area contributed by atoms with Crippen molar-refractivity contribution < 1.29 is 22.4 Å². The van der Waals surface area contributed by atoms with Crippen molar-refractivity contribution >= 4 is 11.5 Å². The van der Waals surface area contributed by atoms with Gasteiger partial charge in [-0.3, -0.25) is 9.78 Å². The third kappa shape index (κ3) is 5.70. The summed E-state index contributed by atoms with van der Waals surface area (Å²) < 4.78 is 43.5. The number of carbonyl (C=O) groups is 1. The van der Waals surface area contributed by atoms with Crippen LogP contribution in [0.4, 0.5) is 13.2 Å². The molecule has 0 bridgehead atoms. The largest absolute Gasteiger partial charge is 0.417 e. The molecule has 178 valence electrons. The summed E-state index contributed by atoms with van der Waals surface area (Å²) in [5, 5.41) is 10.5. The number of aromatic nitrogens is 3. The molecule has 3 aromatic rings. The minimum absolute atomic E-state index is 0.0158. The molecule has 2 heterocycles. The number of halogens is 3. The number of aryl methyl sites for hydroxylation is 1. The summed E-state index contributed by atoms with van der Waals surface area (Å²) in [7, 11) is 0. The van der Waals surface area contributed by atoms with Crippen molar-refractivity contribution in [2.24, 2.45) is 0 Å². The Morgan fingerprint density at radius 1 is 1.21 bits per heavy atom. The number of hydrogen-bond acceptors (Lipinski definition) is 5. The molecular formula is C25H25F3N4O2. The Hall–Kier alpha value is -3.49. The van der Waals surface area contributed by atoms with Gasteiger partial charge in [-0.2, -0.15) is 13.2 Å². The molecule has 9 heteroatoms. The molecule has 1 unspecified atom stereocenters. The minimum Gasteiger partial charge on any atom is -0.417 e. The second-order valence-corrected chi connectivity index (χ2v) is 8.53. The second kappa shape index (κ2) is 9.79. The van der Waals surface area contributed by atoms with Crippen molar-refractivity contribution in [1.29, 1.82) is 0 Å². The SMILES string of the molecule is CC(=C1CCCC(NC(=O)c2nnc(C)o2)C1)c1cccc(Cc2ccc(C(F)(F)F)cn2)c1. The van der Waals surface area contributed by atoms with E-state index in [9.17, 15) is 18.0 Å². The normalized spacial score (nSPS) is 18.0. The van der Waals surface area contributed by atoms with Gasteiger partial charge in [-0.25, -0.2) is 0 Å². The van der Waals surface area contributed by atoms with Crippen LogP contribution in [-0.2, 0) is 12.6 Å². The summed E-state index contributed by atoms with van der Waals surface area (Å²) in [6.45, 7) is 3.70. The van der Waals surface area contributed by atoms with Gasteiger partial charge >= 0.3 is 18.0 Å². The smallest absolute Gasteiger partial charge is 0.417 e. The molecule has 4 rings (SSSR count). The molecule has 1 aromatic carbocycles. The summed E-state index contributed by atoms with van der Waals surface area (Å²) in [6.07, 6.45) is 0.425. The lowest BCUT2D eigenvalue weighted by Gasteiger charge is -2.26. The Morgan fingerprint density at radius 3 is 2.71 bits per heavy atom. The molecule has 1 N–H and O–H groups in total. The highest BCUT2D eigenvalue weighted by atomic mass is 19.4. The van der Waals surface area contributed by atoms with Crippen LogP contribution in [0.15, 0.2) is 52.6 Å². The van der Waals surface area contributed by atoms with Crippen LogP contribution in [0.1, 0.15) is 71.6 Å². The fourth-order valence-electron chi connectivity index (χ4n) is 4.19. The maximum atomic E-state index is 12.8. The summed E-state index contributed by atoms with van der Waals surface area (Å²) in [6, 6.07) is 10.4. The fraction of sp³-hybridized carbons (Fsp3) is 0.360. The van der Waals surface area contributed by atoms with Crippen LogP contribution in [0.25, 0.3) is 5.57 Å². The van der Waals surface area contributed by atoms with Crippen molar-refractivity contribution in [3.05, 3.63) is 82.3 Å². The molecule has 0 aliphatic heterocycles. The van der Waals surface area contributed by atoms with E-state index in [0.717, 1.165) is 54.6 Å². The average molecular weight is 470 g/mol. The molecular weight excluding hydrogens is 445 g/mol. The predicted molar refractivity (Wildman–Crippen MR) is 120 cm³/mol. The van der Waals surface area contributed by atoms with Gasteiger partial charge in [-0.15, -0.1) is 10.2 Å². The van der Waals surface area contributed by atoms with E-state index in [2.05, 4.69) is 27.4 Å². The van der Waals surface area contributed by atoms with E-state index in [4.69, 9.17) is 4.42 Å². The van der Waals surface area contributed by atoms with Gasteiger partial charge in [0.2, 0.25) is 5.89 Å². The standard InChI is InChI=1S/C25H25F3N4O2/c1-15(19-7-4-8-22(13-19)30-23(33)24-32-31-16(2)34-24)18-6-3-5-17(11-18)12-21-10-9-20(14-29-21)25(26,27)28/h3,5-6,9-11,14,22H,4,7-8,12-13H2,1-2H3,(H,30,33). The highest BCUT2D eigenvalue weighted by Crippen LogP contribution is 2.32. The summed E-state index contributed by atoms with van der Waals surface area (Å²) in [5.74, 6) is -0.0537. The van der Waals surface area contributed by atoms with Crippen molar-refractivity contribution in [2.45, 2.75) is 58.2 Å². The first-order valence-electron chi connectivity index (χ1n) is 11.1. The van der Waals surface area contributed by atoms with E-state index < -0.39 is 11.7 Å². The lowest BCUT2D eigenvalue weighted by atomic mass is 9.85. The lowest BCUT2D eigenvalue weighted by molar-refractivity contribution is -0.137. The molecule has 6 nitrogen and oxygen atoms in total. The zero-order chi connectivity index (χ0) is 24.3. The molecule has 34 heavy (non-hydrogen) atoms. The number of rotatable bonds is 5. The number of alkyl halides is 3. The third-order valence-electron chi connectivity index (χ3n) is 6.01. The zero-order valence-electron chi connectivity index (χ0n) is 18.9. The third-order valence-corrected chi connectivity index (χ3v) is 6.01. The number of carbonyl (C=O) groups excluding carboxylic acids is 1. The first-order chi connectivity index (χ1) is 16.2. The summed E-state index contributed by atoms with van der Waals surface area (Å²) in [4.78, 5) is 16.4. The van der Waals surface area contributed by atoms with E-state index in [1.807, 2.05) is 24.3 Å². The topological polar surface area (TPSA) is 80.9 Å². The van der Waals surface area contributed by atoms with Crippen LogP contribution in [0.5, 0.6) is 0 Å². The van der Waals surface area contributed by atoms with E-state index in [1.54, 1.807) is 6.92 Å².